The molecule has 1 rings (SSSR count). The van der Waals surface area contributed by atoms with Crippen molar-refractivity contribution < 1.29 is 9.47 Å². The first-order chi connectivity index (χ1) is 4.27. The Balaban J connectivity index is 2.37. The van der Waals surface area contributed by atoms with Gasteiger partial charge in [0.2, 0.25) is 0 Å². The molecule has 1 fully saturated rings. The lowest BCUT2D eigenvalue weighted by atomic mass is 10.0. The van der Waals surface area contributed by atoms with Gasteiger partial charge in [0, 0.05) is 0 Å². The summed E-state index contributed by atoms with van der Waals surface area (Å²) in [5.41, 5.74) is -0.00174. The lowest BCUT2D eigenvalue weighted by Gasteiger charge is -2.32. The molecule has 2 heteroatoms. The van der Waals surface area contributed by atoms with Crippen molar-refractivity contribution in [2.75, 3.05) is 19.8 Å². The van der Waals surface area contributed by atoms with Crippen LogP contribution >= 0.6 is 0 Å². The van der Waals surface area contributed by atoms with Crippen LogP contribution in [0.3, 0.4) is 0 Å². The first kappa shape index (κ1) is 7.03. The second kappa shape index (κ2) is 2.67. The Labute approximate surface area is 56.2 Å². The van der Waals surface area contributed by atoms with Crippen molar-refractivity contribution in [3.63, 3.8) is 0 Å². The first-order valence-electron chi connectivity index (χ1n) is 3.48. The van der Waals surface area contributed by atoms with Gasteiger partial charge in [-0.05, 0) is 13.3 Å². The third-order valence-corrected chi connectivity index (χ3v) is 1.83. The first-order valence-corrected chi connectivity index (χ1v) is 3.48. The fourth-order valence-electron chi connectivity index (χ4n) is 0.881. The highest BCUT2D eigenvalue weighted by Crippen LogP contribution is 2.18. The molecule has 0 aromatic heterocycles. The summed E-state index contributed by atoms with van der Waals surface area (Å²) in [5.74, 6) is 0. The van der Waals surface area contributed by atoms with E-state index in [4.69, 9.17) is 9.47 Å². The summed E-state index contributed by atoms with van der Waals surface area (Å²) < 4.78 is 10.7. The minimum absolute atomic E-state index is 0.00174. The Morgan fingerprint density at radius 3 is 2.56 bits per heavy atom. The molecular weight excluding hydrogens is 116 g/mol. The average Bonchev–Trinajstić information content (AvgIpc) is 1.90. The van der Waals surface area contributed by atoms with Crippen LogP contribution in [-0.2, 0) is 9.47 Å². The van der Waals surface area contributed by atoms with Crippen molar-refractivity contribution in [2.24, 2.45) is 0 Å². The van der Waals surface area contributed by atoms with Crippen molar-refractivity contribution in [3.05, 3.63) is 0 Å². The molecule has 0 amide bonds. The molecule has 0 radical (unpaired) electrons. The molecule has 9 heavy (non-hydrogen) atoms. The van der Waals surface area contributed by atoms with Gasteiger partial charge in [-0.2, -0.15) is 0 Å². The maximum atomic E-state index is 5.49. The Bertz CT molecular complexity index is 84.9. The lowest BCUT2D eigenvalue weighted by Crippen LogP contribution is -2.39. The van der Waals surface area contributed by atoms with Crippen LogP contribution in [0.1, 0.15) is 20.3 Å². The molecule has 0 N–H and O–H groups in total. The fourth-order valence-corrected chi connectivity index (χ4v) is 0.881. The quantitative estimate of drug-likeness (QED) is 0.531. The molecule has 1 unspecified atom stereocenters. The van der Waals surface area contributed by atoms with Gasteiger partial charge < -0.3 is 9.47 Å². The van der Waals surface area contributed by atoms with E-state index in [1.54, 1.807) is 0 Å². The van der Waals surface area contributed by atoms with Crippen LogP contribution in [-0.4, -0.2) is 25.4 Å². The summed E-state index contributed by atoms with van der Waals surface area (Å²) in [6.07, 6.45) is 1.03. The second-order valence-electron chi connectivity index (χ2n) is 2.70. The fraction of sp³-hybridized carbons (Fsp3) is 1.00. The third-order valence-electron chi connectivity index (χ3n) is 1.83. The predicted octanol–water partition coefficient (Wildman–Crippen LogP) is 1.20. The molecule has 1 aliphatic heterocycles. The van der Waals surface area contributed by atoms with Gasteiger partial charge in [-0.3, -0.25) is 0 Å². The summed E-state index contributed by atoms with van der Waals surface area (Å²) in [6.45, 7) is 6.48. The summed E-state index contributed by atoms with van der Waals surface area (Å²) in [7, 11) is 0. The number of ether oxygens (including phenoxy) is 2. The van der Waals surface area contributed by atoms with Crippen molar-refractivity contribution in [2.45, 2.75) is 25.9 Å². The van der Waals surface area contributed by atoms with Crippen LogP contribution in [0.5, 0.6) is 0 Å². The van der Waals surface area contributed by atoms with Crippen molar-refractivity contribution in [1.82, 2.24) is 0 Å². The van der Waals surface area contributed by atoms with Crippen LogP contribution in [0, 0.1) is 0 Å². The zero-order valence-corrected chi connectivity index (χ0v) is 6.14. The smallest absolute Gasteiger partial charge is 0.0885 e. The molecular formula is C7H14O2. The predicted molar refractivity (Wildman–Crippen MR) is 35.5 cm³/mol. The molecule has 54 valence electrons. The van der Waals surface area contributed by atoms with E-state index in [0.717, 1.165) is 26.2 Å². The van der Waals surface area contributed by atoms with Gasteiger partial charge in [0.15, 0.2) is 0 Å². The minimum atomic E-state index is -0.00174. The molecule has 1 heterocycles. The van der Waals surface area contributed by atoms with Gasteiger partial charge in [0.25, 0.3) is 0 Å². The number of rotatable bonds is 1. The normalized spacial score (nSPS) is 36.7. The van der Waals surface area contributed by atoms with E-state index in [2.05, 4.69) is 13.8 Å². The van der Waals surface area contributed by atoms with E-state index in [-0.39, 0.29) is 5.60 Å². The molecule has 1 aliphatic rings. The molecule has 0 spiro atoms. The van der Waals surface area contributed by atoms with Gasteiger partial charge in [-0.15, -0.1) is 0 Å². The van der Waals surface area contributed by atoms with Crippen molar-refractivity contribution >= 4 is 0 Å². The van der Waals surface area contributed by atoms with E-state index in [1.165, 1.54) is 0 Å². The standard InChI is InChI=1S/C7H14O2/c1-3-7(2)6-8-4-5-9-7/h3-6H2,1-2H3. The second-order valence-corrected chi connectivity index (χ2v) is 2.70. The molecule has 0 aromatic carbocycles. The Morgan fingerprint density at radius 1 is 1.44 bits per heavy atom. The van der Waals surface area contributed by atoms with Gasteiger partial charge in [0.05, 0.1) is 25.4 Å². The van der Waals surface area contributed by atoms with Crippen LogP contribution in [0.4, 0.5) is 0 Å². The Kier molecular flexibility index (Phi) is 2.09. The van der Waals surface area contributed by atoms with E-state index >= 15 is 0 Å². The zero-order chi connectivity index (χ0) is 6.74. The maximum absolute atomic E-state index is 5.49. The summed E-state index contributed by atoms with van der Waals surface area (Å²) in [4.78, 5) is 0. The topological polar surface area (TPSA) is 18.5 Å². The highest BCUT2D eigenvalue weighted by Gasteiger charge is 2.25. The van der Waals surface area contributed by atoms with Gasteiger partial charge >= 0.3 is 0 Å². The highest BCUT2D eigenvalue weighted by atomic mass is 16.6. The maximum Gasteiger partial charge on any atom is 0.0885 e. The largest absolute Gasteiger partial charge is 0.376 e. The molecule has 0 bridgehead atoms. The van der Waals surface area contributed by atoms with Crippen LogP contribution < -0.4 is 0 Å². The molecule has 2 nitrogen and oxygen atoms in total. The highest BCUT2D eigenvalue weighted by molar-refractivity contribution is 4.74. The van der Waals surface area contributed by atoms with Gasteiger partial charge in [-0.25, -0.2) is 0 Å². The Hall–Kier alpha value is -0.0800. The van der Waals surface area contributed by atoms with Crippen LogP contribution in [0.2, 0.25) is 0 Å². The molecule has 0 saturated carbocycles. The van der Waals surface area contributed by atoms with Gasteiger partial charge in [0.1, 0.15) is 0 Å². The summed E-state index contributed by atoms with van der Waals surface area (Å²) in [5, 5.41) is 0. The molecule has 1 saturated heterocycles. The van der Waals surface area contributed by atoms with E-state index in [1.807, 2.05) is 0 Å². The average molecular weight is 130 g/mol. The number of hydrogen-bond acceptors (Lipinski definition) is 2. The van der Waals surface area contributed by atoms with E-state index < -0.39 is 0 Å². The Morgan fingerprint density at radius 2 is 2.22 bits per heavy atom. The van der Waals surface area contributed by atoms with Crippen LogP contribution in [0.15, 0.2) is 0 Å². The van der Waals surface area contributed by atoms with Crippen LogP contribution in [0.25, 0.3) is 0 Å². The summed E-state index contributed by atoms with van der Waals surface area (Å²) >= 11 is 0. The minimum Gasteiger partial charge on any atom is -0.376 e. The zero-order valence-electron chi connectivity index (χ0n) is 6.14. The van der Waals surface area contributed by atoms with E-state index in [0.29, 0.717) is 0 Å². The number of hydrogen-bond donors (Lipinski definition) is 0. The van der Waals surface area contributed by atoms with Crippen molar-refractivity contribution in [3.8, 4) is 0 Å². The monoisotopic (exact) mass is 130 g/mol. The lowest BCUT2D eigenvalue weighted by molar-refractivity contribution is -0.148. The van der Waals surface area contributed by atoms with E-state index in [9.17, 15) is 0 Å². The van der Waals surface area contributed by atoms with Crippen molar-refractivity contribution in [1.29, 1.82) is 0 Å². The molecule has 0 aromatic rings. The SMILES string of the molecule is CCC1(C)COCCO1. The summed E-state index contributed by atoms with van der Waals surface area (Å²) in [6, 6.07) is 0. The van der Waals surface area contributed by atoms with Gasteiger partial charge in [-0.1, -0.05) is 6.92 Å². The molecule has 0 aliphatic carbocycles. The third kappa shape index (κ3) is 1.66. The molecule has 1 atom stereocenters.